The zero-order valence-electron chi connectivity index (χ0n) is 7.82. The standard InChI is InChI=1S/C11H13ClOS/c12-10-3-1-8(2-4-10)11(13)9-5-6-14-7-9/h1-4,9,11,13H,5-7H2. The highest BCUT2D eigenvalue weighted by atomic mass is 35.5. The van der Waals surface area contributed by atoms with Crippen molar-refractivity contribution in [2.24, 2.45) is 5.92 Å². The van der Waals surface area contributed by atoms with E-state index in [0.29, 0.717) is 5.92 Å². The third-order valence-electron chi connectivity index (χ3n) is 2.62. The molecule has 1 heterocycles. The molecule has 2 unspecified atom stereocenters. The summed E-state index contributed by atoms with van der Waals surface area (Å²) in [6.45, 7) is 0. The Balaban J connectivity index is 2.09. The number of hydrogen-bond donors (Lipinski definition) is 1. The molecule has 1 saturated heterocycles. The molecule has 1 aromatic carbocycles. The van der Waals surface area contributed by atoms with Crippen molar-refractivity contribution in [3.05, 3.63) is 34.9 Å². The van der Waals surface area contributed by atoms with Crippen LogP contribution in [0.4, 0.5) is 0 Å². The lowest BCUT2D eigenvalue weighted by Gasteiger charge is -2.17. The van der Waals surface area contributed by atoms with Gasteiger partial charge in [0.05, 0.1) is 6.10 Å². The van der Waals surface area contributed by atoms with E-state index in [1.807, 2.05) is 36.0 Å². The second kappa shape index (κ2) is 4.56. The molecule has 0 bridgehead atoms. The molecule has 0 saturated carbocycles. The van der Waals surface area contributed by atoms with Crippen LogP contribution in [0.1, 0.15) is 18.1 Å². The highest BCUT2D eigenvalue weighted by Gasteiger charge is 2.24. The fourth-order valence-electron chi connectivity index (χ4n) is 1.73. The fraction of sp³-hybridized carbons (Fsp3) is 0.455. The molecule has 0 radical (unpaired) electrons. The molecule has 3 heteroatoms. The van der Waals surface area contributed by atoms with E-state index >= 15 is 0 Å². The monoisotopic (exact) mass is 228 g/mol. The Kier molecular flexibility index (Phi) is 3.37. The Hall–Kier alpha value is -0.180. The average molecular weight is 229 g/mol. The van der Waals surface area contributed by atoms with E-state index in [4.69, 9.17) is 11.6 Å². The quantitative estimate of drug-likeness (QED) is 0.840. The number of rotatable bonds is 2. The second-order valence-electron chi connectivity index (χ2n) is 3.62. The maximum atomic E-state index is 10.1. The minimum absolute atomic E-state index is 0.317. The summed E-state index contributed by atoms with van der Waals surface area (Å²) in [4.78, 5) is 0. The maximum Gasteiger partial charge on any atom is 0.0826 e. The Morgan fingerprint density at radius 1 is 1.36 bits per heavy atom. The number of aliphatic hydroxyl groups excluding tert-OH is 1. The molecule has 76 valence electrons. The van der Waals surface area contributed by atoms with E-state index in [9.17, 15) is 5.11 Å². The molecule has 1 aliphatic heterocycles. The summed E-state index contributed by atoms with van der Waals surface area (Å²) < 4.78 is 0. The second-order valence-corrected chi connectivity index (χ2v) is 5.21. The van der Waals surface area contributed by atoms with Crippen LogP contribution in [0.3, 0.4) is 0 Å². The van der Waals surface area contributed by atoms with E-state index in [-0.39, 0.29) is 6.10 Å². The van der Waals surface area contributed by atoms with Crippen LogP contribution in [-0.4, -0.2) is 16.6 Å². The van der Waals surface area contributed by atoms with Crippen molar-refractivity contribution in [2.45, 2.75) is 12.5 Å². The van der Waals surface area contributed by atoms with Gasteiger partial charge in [0.25, 0.3) is 0 Å². The smallest absolute Gasteiger partial charge is 0.0826 e. The average Bonchev–Trinajstić information content (AvgIpc) is 2.71. The van der Waals surface area contributed by atoms with Gasteiger partial charge in [0.2, 0.25) is 0 Å². The molecule has 1 aromatic rings. The van der Waals surface area contributed by atoms with Gasteiger partial charge in [-0.3, -0.25) is 0 Å². The van der Waals surface area contributed by atoms with Crippen molar-refractivity contribution in [1.29, 1.82) is 0 Å². The lowest BCUT2D eigenvalue weighted by molar-refractivity contribution is 0.121. The molecule has 0 aromatic heterocycles. The minimum Gasteiger partial charge on any atom is -0.388 e. The van der Waals surface area contributed by atoms with Gasteiger partial charge < -0.3 is 5.11 Å². The van der Waals surface area contributed by atoms with Crippen molar-refractivity contribution in [2.75, 3.05) is 11.5 Å². The van der Waals surface area contributed by atoms with Crippen LogP contribution in [0, 0.1) is 5.92 Å². The van der Waals surface area contributed by atoms with Crippen molar-refractivity contribution in [3.63, 3.8) is 0 Å². The zero-order valence-corrected chi connectivity index (χ0v) is 9.39. The summed E-state index contributed by atoms with van der Waals surface area (Å²) in [5, 5.41) is 10.8. The van der Waals surface area contributed by atoms with E-state index < -0.39 is 0 Å². The topological polar surface area (TPSA) is 20.2 Å². The van der Waals surface area contributed by atoms with Gasteiger partial charge in [-0.05, 0) is 41.5 Å². The van der Waals surface area contributed by atoms with Crippen LogP contribution >= 0.6 is 23.4 Å². The predicted molar refractivity (Wildman–Crippen MR) is 61.8 cm³/mol. The summed E-state index contributed by atoms with van der Waals surface area (Å²) in [5.74, 6) is 2.67. The Morgan fingerprint density at radius 3 is 2.64 bits per heavy atom. The normalized spacial score (nSPS) is 23.7. The zero-order chi connectivity index (χ0) is 9.97. The molecule has 0 amide bonds. The van der Waals surface area contributed by atoms with Crippen molar-refractivity contribution < 1.29 is 5.11 Å². The van der Waals surface area contributed by atoms with Gasteiger partial charge >= 0.3 is 0 Å². The molecular weight excluding hydrogens is 216 g/mol. The number of hydrogen-bond acceptors (Lipinski definition) is 2. The summed E-state index contributed by atoms with van der Waals surface area (Å²) in [6.07, 6.45) is 0.802. The van der Waals surface area contributed by atoms with Gasteiger partial charge in [-0.2, -0.15) is 11.8 Å². The van der Waals surface area contributed by atoms with Crippen molar-refractivity contribution in [3.8, 4) is 0 Å². The highest BCUT2D eigenvalue weighted by Crippen LogP contribution is 2.34. The van der Waals surface area contributed by atoms with Gasteiger partial charge in [0, 0.05) is 5.02 Å². The molecule has 0 aliphatic carbocycles. The van der Waals surface area contributed by atoms with Gasteiger partial charge in [0.15, 0.2) is 0 Å². The fourth-order valence-corrected chi connectivity index (χ4v) is 3.15. The lowest BCUT2D eigenvalue weighted by Crippen LogP contribution is -2.11. The SMILES string of the molecule is OC(c1ccc(Cl)cc1)C1CCSC1. The number of benzene rings is 1. The summed E-state index contributed by atoms with van der Waals surface area (Å²) >= 11 is 7.71. The first-order valence-electron chi connectivity index (χ1n) is 4.78. The van der Waals surface area contributed by atoms with Crippen molar-refractivity contribution in [1.82, 2.24) is 0 Å². The summed E-state index contributed by atoms with van der Waals surface area (Å²) in [5.41, 5.74) is 0.988. The first kappa shape index (κ1) is 10.3. The highest BCUT2D eigenvalue weighted by molar-refractivity contribution is 7.99. The van der Waals surface area contributed by atoms with Crippen LogP contribution in [0.15, 0.2) is 24.3 Å². The van der Waals surface area contributed by atoms with Crippen LogP contribution < -0.4 is 0 Å². The number of halogens is 1. The largest absolute Gasteiger partial charge is 0.388 e. The Morgan fingerprint density at radius 2 is 2.07 bits per heavy atom. The van der Waals surface area contributed by atoms with Crippen LogP contribution in [0.25, 0.3) is 0 Å². The lowest BCUT2D eigenvalue weighted by atomic mass is 9.95. The Bertz CT molecular complexity index is 293. The molecule has 1 N–H and O–H groups in total. The molecule has 2 rings (SSSR count). The summed E-state index contributed by atoms with van der Waals surface area (Å²) in [7, 11) is 0. The number of aliphatic hydroxyl groups is 1. The van der Waals surface area contributed by atoms with Crippen LogP contribution in [0.5, 0.6) is 0 Å². The minimum atomic E-state index is -0.317. The molecule has 1 fully saturated rings. The molecule has 1 nitrogen and oxygen atoms in total. The van der Waals surface area contributed by atoms with E-state index in [2.05, 4.69) is 0 Å². The van der Waals surface area contributed by atoms with Crippen LogP contribution in [-0.2, 0) is 0 Å². The van der Waals surface area contributed by atoms with Crippen LogP contribution in [0.2, 0.25) is 5.02 Å². The van der Waals surface area contributed by atoms with Gasteiger partial charge in [-0.1, -0.05) is 23.7 Å². The van der Waals surface area contributed by atoms with E-state index in [1.54, 1.807) is 0 Å². The predicted octanol–water partition coefficient (Wildman–Crippen LogP) is 3.13. The van der Waals surface area contributed by atoms with Crippen molar-refractivity contribution >= 4 is 23.4 Å². The first-order chi connectivity index (χ1) is 6.77. The van der Waals surface area contributed by atoms with Gasteiger partial charge in [-0.25, -0.2) is 0 Å². The first-order valence-corrected chi connectivity index (χ1v) is 6.32. The molecular formula is C11H13ClOS. The number of thioether (sulfide) groups is 1. The molecule has 2 atom stereocenters. The van der Waals surface area contributed by atoms with E-state index in [1.165, 1.54) is 5.75 Å². The third kappa shape index (κ3) is 2.25. The van der Waals surface area contributed by atoms with E-state index in [0.717, 1.165) is 22.8 Å². The van der Waals surface area contributed by atoms with Gasteiger partial charge in [0.1, 0.15) is 0 Å². The maximum absolute atomic E-state index is 10.1. The third-order valence-corrected chi connectivity index (χ3v) is 4.06. The van der Waals surface area contributed by atoms with Gasteiger partial charge in [-0.15, -0.1) is 0 Å². The molecule has 0 spiro atoms. The Labute approximate surface area is 93.5 Å². The molecule has 14 heavy (non-hydrogen) atoms. The molecule has 1 aliphatic rings. The summed E-state index contributed by atoms with van der Waals surface area (Å²) in [6, 6.07) is 7.50.